The zero-order valence-corrected chi connectivity index (χ0v) is 26.5. The van der Waals surface area contributed by atoms with Crippen LogP contribution < -0.4 is 14.4 Å². The topological polar surface area (TPSA) is 93.2 Å². The van der Waals surface area contributed by atoms with Crippen LogP contribution in [0.1, 0.15) is 79.6 Å². The number of fused-ring (bicyclic) bond motifs is 5. The number of piperazine rings is 1. The highest BCUT2D eigenvalue weighted by Crippen LogP contribution is 2.49. The molecule has 4 fully saturated rings. The standard InChI is InChI=1S/C31H42ClFN6O4/c1-17-8-6-7-13-37(17)15-31(11-12-31)16-41-28-34-23-21-26(36-28)38-14-19-9-10-20(39(19)29(40)43-30(3,4)5)24(38)18(2)42-27(21)35-25(32)22(23)33/h17-20,24H,6-16H2,1-5H3/t17-,18-,19+,20-,24+/m0/s1. The molecule has 4 aliphatic heterocycles. The first-order valence-corrected chi connectivity index (χ1v) is 16.2. The minimum absolute atomic E-state index is 0.0410. The summed E-state index contributed by atoms with van der Waals surface area (Å²) in [5.41, 5.74) is -0.501. The summed E-state index contributed by atoms with van der Waals surface area (Å²) in [6.07, 6.45) is 6.85. The fraction of sp³-hybridized carbons (Fsp3) is 0.742. The first kappa shape index (κ1) is 29.1. The van der Waals surface area contributed by atoms with E-state index in [1.165, 1.54) is 19.3 Å². The fourth-order valence-electron chi connectivity index (χ4n) is 7.62. The number of halogens is 2. The minimum atomic E-state index is -0.720. The average Bonchev–Trinajstić information content (AvgIpc) is 3.66. The third-order valence-corrected chi connectivity index (χ3v) is 10.2. The van der Waals surface area contributed by atoms with Crippen LogP contribution in [-0.2, 0) is 4.74 Å². The van der Waals surface area contributed by atoms with Gasteiger partial charge in [0.2, 0.25) is 5.88 Å². The first-order chi connectivity index (χ1) is 20.4. The number of anilines is 1. The van der Waals surface area contributed by atoms with Crippen LogP contribution in [0.5, 0.6) is 11.9 Å². The van der Waals surface area contributed by atoms with Gasteiger partial charge in [-0.05, 0) is 79.7 Å². The van der Waals surface area contributed by atoms with Crippen molar-refractivity contribution in [3.05, 3.63) is 11.0 Å². The minimum Gasteiger partial charge on any atom is -0.472 e. The molecule has 2 aromatic rings. The van der Waals surface area contributed by atoms with Crippen molar-refractivity contribution in [2.24, 2.45) is 5.41 Å². The SMILES string of the molecule is C[C@@H]1Oc2nc(Cl)c(F)c3nc(OCC4(CN5CCCC[C@@H]5C)CC4)nc(c23)N2C[C@H]3CC[C@@H]([C@@H]12)N3C(=O)OC(C)(C)C. The Balaban J connectivity index is 1.22. The van der Waals surface area contributed by atoms with Gasteiger partial charge in [-0.15, -0.1) is 0 Å². The second-order valence-corrected chi connectivity index (χ2v) is 14.7. The van der Waals surface area contributed by atoms with E-state index in [0.29, 0.717) is 30.4 Å². The van der Waals surface area contributed by atoms with E-state index in [1.807, 2.05) is 32.6 Å². The molecular formula is C31H42ClFN6O4. The number of aromatic nitrogens is 3. The number of pyridine rings is 1. The molecule has 0 N–H and O–H groups in total. The van der Waals surface area contributed by atoms with Crippen molar-refractivity contribution in [1.29, 1.82) is 0 Å². The molecular weight excluding hydrogens is 575 g/mol. The molecule has 0 aromatic carbocycles. The molecule has 0 radical (unpaired) electrons. The summed E-state index contributed by atoms with van der Waals surface area (Å²) in [4.78, 5) is 33.7. The molecule has 1 amide bonds. The van der Waals surface area contributed by atoms with Crippen LogP contribution in [0, 0.1) is 11.2 Å². The number of hydrogen-bond donors (Lipinski definition) is 0. The Hall–Kier alpha value is -2.66. The largest absolute Gasteiger partial charge is 0.472 e. The zero-order valence-electron chi connectivity index (χ0n) is 25.7. The van der Waals surface area contributed by atoms with Crippen molar-refractivity contribution >= 4 is 34.4 Å². The molecule has 2 aromatic heterocycles. The quantitative estimate of drug-likeness (QED) is 0.399. The van der Waals surface area contributed by atoms with Gasteiger partial charge in [0.15, 0.2) is 11.0 Å². The number of carbonyl (C=O) groups is 1. The molecule has 12 heteroatoms. The summed E-state index contributed by atoms with van der Waals surface area (Å²) in [5.74, 6) is -0.00722. The monoisotopic (exact) mass is 616 g/mol. The highest BCUT2D eigenvalue weighted by atomic mass is 35.5. The lowest BCUT2D eigenvalue weighted by molar-refractivity contribution is 0.000935. The van der Waals surface area contributed by atoms with Crippen LogP contribution in [0.15, 0.2) is 0 Å². The van der Waals surface area contributed by atoms with Crippen LogP contribution in [0.3, 0.4) is 0 Å². The molecule has 6 heterocycles. The summed E-state index contributed by atoms with van der Waals surface area (Å²) in [7, 11) is 0. The molecule has 5 aliphatic rings. The predicted octanol–water partition coefficient (Wildman–Crippen LogP) is 5.59. The molecule has 7 rings (SSSR count). The van der Waals surface area contributed by atoms with E-state index in [9.17, 15) is 4.79 Å². The third kappa shape index (κ3) is 5.24. The smallest absolute Gasteiger partial charge is 0.410 e. The van der Waals surface area contributed by atoms with Crippen LogP contribution in [0.2, 0.25) is 5.15 Å². The van der Waals surface area contributed by atoms with Gasteiger partial charge in [0.1, 0.15) is 28.4 Å². The van der Waals surface area contributed by atoms with E-state index in [1.54, 1.807) is 0 Å². The number of hydrogen-bond acceptors (Lipinski definition) is 9. The maximum Gasteiger partial charge on any atom is 0.410 e. The lowest BCUT2D eigenvalue weighted by Gasteiger charge is -2.48. The van der Waals surface area contributed by atoms with Crippen molar-refractivity contribution in [2.45, 2.75) is 115 Å². The van der Waals surface area contributed by atoms with Gasteiger partial charge in [-0.25, -0.2) is 9.18 Å². The summed E-state index contributed by atoms with van der Waals surface area (Å²) in [6, 6.07) is 0.193. The number of carbonyl (C=O) groups excluding carboxylic acids is 1. The highest BCUT2D eigenvalue weighted by molar-refractivity contribution is 6.30. The van der Waals surface area contributed by atoms with Gasteiger partial charge in [0.25, 0.3) is 0 Å². The van der Waals surface area contributed by atoms with E-state index in [4.69, 9.17) is 30.8 Å². The van der Waals surface area contributed by atoms with E-state index in [-0.39, 0.29) is 52.2 Å². The van der Waals surface area contributed by atoms with Gasteiger partial charge in [-0.3, -0.25) is 9.80 Å². The maximum atomic E-state index is 15.6. The number of amides is 1. The number of likely N-dealkylation sites (tertiary alicyclic amines) is 1. The predicted molar refractivity (Wildman–Crippen MR) is 160 cm³/mol. The molecule has 234 valence electrons. The van der Waals surface area contributed by atoms with Gasteiger partial charge in [-0.1, -0.05) is 18.0 Å². The van der Waals surface area contributed by atoms with E-state index >= 15 is 4.39 Å². The summed E-state index contributed by atoms with van der Waals surface area (Å²) < 4.78 is 34.1. The van der Waals surface area contributed by atoms with Gasteiger partial charge >= 0.3 is 12.1 Å². The lowest BCUT2D eigenvalue weighted by Crippen LogP contribution is -2.65. The number of nitrogens with zero attached hydrogens (tertiary/aromatic N) is 6. The van der Waals surface area contributed by atoms with Crippen molar-refractivity contribution in [3.63, 3.8) is 0 Å². The second kappa shape index (κ2) is 10.5. The summed E-state index contributed by atoms with van der Waals surface area (Å²) in [6.45, 7) is 13.0. The number of rotatable bonds is 5. The summed E-state index contributed by atoms with van der Waals surface area (Å²) >= 11 is 6.27. The first-order valence-electron chi connectivity index (χ1n) is 15.8. The molecule has 0 spiro atoms. The third-order valence-electron chi connectivity index (χ3n) is 9.98. The van der Waals surface area contributed by atoms with Crippen molar-refractivity contribution in [3.8, 4) is 11.9 Å². The molecule has 0 unspecified atom stereocenters. The molecule has 10 nitrogen and oxygen atoms in total. The lowest BCUT2D eigenvalue weighted by atomic mass is 9.98. The van der Waals surface area contributed by atoms with E-state index in [2.05, 4.69) is 26.7 Å². The maximum absolute atomic E-state index is 15.6. The van der Waals surface area contributed by atoms with E-state index in [0.717, 1.165) is 38.8 Å². The number of piperidine rings is 1. The Kier molecular flexibility index (Phi) is 7.07. The molecule has 5 atom stereocenters. The molecule has 43 heavy (non-hydrogen) atoms. The average molecular weight is 617 g/mol. The second-order valence-electron chi connectivity index (χ2n) is 14.3. The van der Waals surface area contributed by atoms with Gasteiger partial charge < -0.3 is 19.1 Å². The van der Waals surface area contributed by atoms with Crippen molar-refractivity contribution in [1.82, 2.24) is 24.8 Å². The Bertz CT molecular complexity index is 1430. The Morgan fingerprint density at radius 3 is 2.65 bits per heavy atom. The summed E-state index contributed by atoms with van der Waals surface area (Å²) in [5, 5.41) is 0.0804. The van der Waals surface area contributed by atoms with Crippen molar-refractivity contribution < 1.29 is 23.4 Å². The van der Waals surface area contributed by atoms with Crippen molar-refractivity contribution in [2.75, 3.05) is 31.1 Å². The fourth-order valence-corrected chi connectivity index (χ4v) is 7.79. The van der Waals surface area contributed by atoms with Crippen LogP contribution in [-0.4, -0.2) is 93.0 Å². The van der Waals surface area contributed by atoms with Crippen LogP contribution in [0.25, 0.3) is 10.9 Å². The molecule has 1 saturated carbocycles. The molecule has 3 saturated heterocycles. The Morgan fingerprint density at radius 1 is 1.14 bits per heavy atom. The molecule has 2 bridgehead atoms. The Labute approximate surface area is 257 Å². The van der Waals surface area contributed by atoms with Crippen LogP contribution in [0.4, 0.5) is 15.0 Å². The normalized spacial score (nSPS) is 29.6. The van der Waals surface area contributed by atoms with E-state index < -0.39 is 17.5 Å². The van der Waals surface area contributed by atoms with Gasteiger partial charge in [-0.2, -0.15) is 15.0 Å². The zero-order chi connectivity index (χ0) is 30.3. The highest BCUT2D eigenvalue weighted by Gasteiger charge is 2.54. The van der Waals surface area contributed by atoms with Crippen LogP contribution >= 0.6 is 11.6 Å². The Morgan fingerprint density at radius 2 is 1.93 bits per heavy atom. The number of ether oxygens (including phenoxy) is 3. The molecule has 1 aliphatic carbocycles. The van der Waals surface area contributed by atoms with Gasteiger partial charge in [0.05, 0.1) is 24.7 Å². The van der Waals surface area contributed by atoms with Gasteiger partial charge in [0, 0.05) is 24.5 Å².